The van der Waals surface area contributed by atoms with Crippen LogP contribution in [-0.2, 0) is 14.3 Å². The molecule has 2 aliphatic rings. The van der Waals surface area contributed by atoms with Crippen LogP contribution in [0.3, 0.4) is 0 Å². The van der Waals surface area contributed by atoms with Gasteiger partial charge in [-0.2, -0.15) is 0 Å². The molecule has 1 aliphatic heterocycles. The summed E-state index contributed by atoms with van der Waals surface area (Å²) in [5.74, 6) is -1.12. The third-order valence-corrected chi connectivity index (χ3v) is 6.17. The van der Waals surface area contributed by atoms with Crippen molar-refractivity contribution in [2.45, 2.75) is 63.3 Å². The van der Waals surface area contributed by atoms with E-state index in [4.69, 9.17) is 0 Å². The number of methoxy groups -OCH3 is 1. The zero-order valence-electron chi connectivity index (χ0n) is 16.8. The van der Waals surface area contributed by atoms with Crippen LogP contribution >= 0.6 is 0 Å². The third kappa shape index (κ3) is 3.64. The van der Waals surface area contributed by atoms with Crippen LogP contribution < -0.4 is 5.32 Å². The van der Waals surface area contributed by atoms with Crippen molar-refractivity contribution in [1.82, 2.24) is 10.2 Å². The maximum atomic E-state index is 13.4. The van der Waals surface area contributed by atoms with Crippen molar-refractivity contribution in [1.29, 1.82) is 0 Å². The fourth-order valence-electron chi connectivity index (χ4n) is 4.82. The fraction of sp³-hybridized carbons (Fsp3) is 0.591. The fourth-order valence-corrected chi connectivity index (χ4v) is 4.82. The van der Waals surface area contributed by atoms with Crippen LogP contribution in [0.4, 0.5) is 0 Å². The molecule has 1 heterocycles. The number of hydrogen-bond donors (Lipinski definition) is 1. The number of fused-ring (bicyclic) bond motifs is 1. The van der Waals surface area contributed by atoms with E-state index in [1.807, 2.05) is 29.2 Å². The molecule has 3 rings (SSSR count). The van der Waals surface area contributed by atoms with Gasteiger partial charge in [-0.15, -0.1) is 0 Å². The standard InChI is InChI=1S/C22H30N2O4/c1-3-4-14-24-21(27)17-11-7-6-10-16(17)19(20(26)23-15-18(25)28-2)22(24)12-8-5-9-13-22/h6-7,10-11,19H,3-5,8-9,12-15H2,1-2H3,(H,23,26)/t19-/m0/s1. The lowest BCUT2D eigenvalue weighted by molar-refractivity contribution is -0.142. The second-order valence-corrected chi connectivity index (χ2v) is 7.79. The van der Waals surface area contributed by atoms with Crippen LogP contribution in [-0.4, -0.2) is 48.4 Å². The second kappa shape index (κ2) is 8.76. The van der Waals surface area contributed by atoms with Gasteiger partial charge in [0.25, 0.3) is 5.91 Å². The van der Waals surface area contributed by atoms with Crippen molar-refractivity contribution < 1.29 is 19.1 Å². The number of hydrogen-bond acceptors (Lipinski definition) is 4. The number of ether oxygens (including phenoxy) is 1. The van der Waals surface area contributed by atoms with E-state index in [1.165, 1.54) is 7.11 Å². The van der Waals surface area contributed by atoms with E-state index in [2.05, 4.69) is 17.0 Å². The molecule has 6 nitrogen and oxygen atoms in total. The Labute approximate surface area is 166 Å². The molecule has 2 amide bonds. The largest absolute Gasteiger partial charge is 0.468 e. The SMILES string of the molecule is CCCCN1C(=O)c2ccccc2[C@@H](C(=O)NCC(=O)OC)C12CCCCC2. The second-order valence-electron chi connectivity index (χ2n) is 7.79. The highest BCUT2D eigenvalue weighted by atomic mass is 16.5. The molecule has 1 saturated carbocycles. The summed E-state index contributed by atoms with van der Waals surface area (Å²) in [4.78, 5) is 40.3. The van der Waals surface area contributed by atoms with Crippen LogP contribution in [0.5, 0.6) is 0 Å². The quantitative estimate of drug-likeness (QED) is 0.763. The molecule has 1 aromatic rings. The van der Waals surface area contributed by atoms with Gasteiger partial charge in [0.1, 0.15) is 6.54 Å². The zero-order valence-corrected chi connectivity index (χ0v) is 16.8. The van der Waals surface area contributed by atoms with Gasteiger partial charge in [0, 0.05) is 12.1 Å². The normalized spacial score (nSPS) is 20.6. The highest BCUT2D eigenvalue weighted by Gasteiger charge is 2.54. The van der Waals surface area contributed by atoms with Gasteiger partial charge < -0.3 is 15.0 Å². The summed E-state index contributed by atoms with van der Waals surface area (Å²) < 4.78 is 4.67. The Morgan fingerprint density at radius 2 is 1.93 bits per heavy atom. The number of unbranched alkanes of at least 4 members (excludes halogenated alkanes) is 1. The molecule has 0 unspecified atom stereocenters. The van der Waals surface area contributed by atoms with Gasteiger partial charge >= 0.3 is 5.97 Å². The van der Waals surface area contributed by atoms with Gasteiger partial charge in [0.2, 0.25) is 5.91 Å². The Hall–Kier alpha value is -2.37. The Morgan fingerprint density at radius 3 is 2.61 bits per heavy atom. The molecule has 0 bridgehead atoms. The maximum Gasteiger partial charge on any atom is 0.325 e. The Bertz CT molecular complexity index is 740. The van der Waals surface area contributed by atoms with Crippen molar-refractivity contribution in [3.8, 4) is 0 Å². The number of esters is 1. The van der Waals surface area contributed by atoms with E-state index in [0.29, 0.717) is 12.1 Å². The first-order valence-corrected chi connectivity index (χ1v) is 10.3. The number of nitrogens with zero attached hydrogens (tertiary/aromatic N) is 1. The van der Waals surface area contributed by atoms with Crippen LogP contribution in [0.2, 0.25) is 0 Å². The molecular formula is C22H30N2O4. The summed E-state index contributed by atoms with van der Waals surface area (Å²) >= 11 is 0. The first-order valence-electron chi connectivity index (χ1n) is 10.3. The van der Waals surface area contributed by atoms with Crippen molar-refractivity contribution in [3.63, 3.8) is 0 Å². The van der Waals surface area contributed by atoms with E-state index in [1.54, 1.807) is 0 Å². The third-order valence-electron chi connectivity index (χ3n) is 6.17. The topological polar surface area (TPSA) is 75.7 Å². The summed E-state index contributed by atoms with van der Waals surface area (Å²) in [6, 6.07) is 7.43. The van der Waals surface area contributed by atoms with Crippen LogP contribution in [0.1, 0.15) is 73.7 Å². The summed E-state index contributed by atoms with van der Waals surface area (Å²) in [6.45, 7) is 2.61. The maximum absolute atomic E-state index is 13.4. The lowest BCUT2D eigenvalue weighted by Crippen LogP contribution is -2.63. The van der Waals surface area contributed by atoms with Crippen LogP contribution in [0, 0.1) is 0 Å². The van der Waals surface area contributed by atoms with Gasteiger partial charge in [-0.3, -0.25) is 14.4 Å². The molecule has 6 heteroatoms. The Balaban J connectivity index is 2.05. The first-order chi connectivity index (χ1) is 13.5. The Kier molecular flexibility index (Phi) is 6.37. The summed E-state index contributed by atoms with van der Waals surface area (Å²) in [5, 5.41) is 2.76. The van der Waals surface area contributed by atoms with Crippen LogP contribution in [0.15, 0.2) is 24.3 Å². The molecule has 1 atom stereocenters. The van der Waals surface area contributed by atoms with Crippen molar-refractivity contribution >= 4 is 17.8 Å². The molecule has 0 saturated heterocycles. The molecule has 0 radical (unpaired) electrons. The molecule has 0 aromatic heterocycles. The predicted octanol–water partition coefficient (Wildman–Crippen LogP) is 3.02. The molecule has 1 spiro atoms. The molecular weight excluding hydrogens is 356 g/mol. The van der Waals surface area contributed by atoms with Crippen LogP contribution in [0.25, 0.3) is 0 Å². The number of nitrogens with one attached hydrogen (secondary N) is 1. The molecule has 152 valence electrons. The number of carbonyl (C=O) groups excluding carboxylic acids is 3. The average Bonchev–Trinajstić information content (AvgIpc) is 2.72. The predicted molar refractivity (Wildman–Crippen MR) is 106 cm³/mol. The molecule has 28 heavy (non-hydrogen) atoms. The van der Waals surface area contributed by atoms with Gasteiger partial charge in [-0.05, 0) is 30.9 Å². The zero-order chi connectivity index (χ0) is 20.1. The highest BCUT2D eigenvalue weighted by Crippen LogP contribution is 2.49. The van der Waals surface area contributed by atoms with E-state index in [9.17, 15) is 14.4 Å². The number of amides is 2. The minimum absolute atomic E-state index is 0.0305. The highest BCUT2D eigenvalue weighted by molar-refractivity contribution is 6.02. The lowest BCUT2D eigenvalue weighted by Gasteiger charge is -2.53. The number of carbonyl (C=O) groups is 3. The van der Waals surface area contributed by atoms with E-state index in [0.717, 1.165) is 50.5 Å². The first kappa shape index (κ1) is 20.4. The van der Waals surface area contributed by atoms with E-state index >= 15 is 0 Å². The summed E-state index contributed by atoms with van der Waals surface area (Å²) in [5.41, 5.74) is 0.872. The Morgan fingerprint density at radius 1 is 1.21 bits per heavy atom. The molecule has 1 aliphatic carbocycles. The number of rotatable bonds is 6. The molecule has 1 aromatic carbocycles. The minimum Gasteiger partial charge on any atom is -0.468 e. The van der Waals surface area contributed by atoms with Gasteiger partial charge in [-0.1, -0.05) is 50.8 Å². The van der Waals surface area contributed by atoms with Crippen molar-refractivity contribution in [2.75, 3.05) is 20.2 Å². The molecule has 1 fully saturated rings. The summed E-state index contributed by atoms with van der Waals surface area (Å²) in [6.07, 6.45) is 6.64. The smallest absolute Gasteiger partial charge is 0.325 e. The van der Waals surface area contributed by atoms with Gasteiger partial charge in [0.15, 0.2) is 0 Å². The van der Waals surface area contributed by atoms with Gasteiger partial charge in [0.05, 0.1) is 18.6 Å². The monoisotopic (exact) mass is 386 g/mol. The average molecular weight is 386 g/mol. The van der Waals surface area contributed by atoms with Crippen molar-refractivity contribution in [3.05, 3.63) is 35.4 Å². The van der Waals surface area contributed by atoms with E-state index in [-0.39, 0.29) is 18.4 Å². The minimum atomic E-state index is -0.515. The number of benzene rings is 1. The lowest BCUT2D eigenvalue weighted by atomic mass is 9.65. The van der Waals surface area contributed by atoms with Gasteiger partial charge in [-0.25, -0.2) is 0 Å². The summed E-state index contributed by atoms with van der Waals surface area (Å²) in [7, 11) is 1.30. The van der Waals surface area contributed by atoms with Crippen molar-refractivity contribution in [2.24, 2.45) is 0 Å². The molecule has 1 N–H and O–H groups in total. The van der Waals surface area contributed by atoms with E-state index < -0.39 is 17.4 Å².